The lowest BCUT2D eigenvalue weighted by Crippen LogP contribution is -2.29. The highest BCUT2D eigenvalue weighted by atomic mass is 35.5. The normalized spacial score (nSPS) is 17.5. The molecule has 1 unspecified atom stereocenters. The second kappa shape index (κ2) is 8.55. The Hall–Kier alpha value is -3.75. The number of aliphatic hydroxyl groups is 1. The molecule has 0 bridgehead atoms. The van der Waals surface area contributed by atoms with Gasteiger partial charge in [-0.25, -0.2) is 9.37 Å². The van der Waals surface area contributed by atoms with Gasteiger partial charge >= 0.3 is 5.91 Å². The molecule has 1 fully saturated rings. The summed E-state index contributed by atoms with van der Waals surface area (Å²) in [6, 6.07) is 16.1. The maximum Gasteiger partial charge on any atom is 0.301 e. The molecule has 1 saturated heterocycles. The van der Waals surface area contributed by atoms with Gasteiger partial charge in [-0.15, -0.1) is 0 Å². The average molecular weight is 495 g/mol. The van der Waals surface area contributed by atoms with Crippen LogP contribution in [0.15, 0.2) is 72.3 Å². The molecule has 1 amide bonds. The molecule has 1 aliphatic heterocycles. The second-order valence-electron chi connectivity index (χ2n) is 7.56. The minimum absolute atomic E-state index is 0.112. The van der Waals surface area contributed by atoms with Crippen LogP contribution in [0.5, 0.6) is 5.75 Å². The van der Waals surface area contributed by atoms with Gasteiger partial charge in [0.1, 0.15) is 17.3 Å². The SMILES string of the molecule is COc1ccc(C2C(=C(O)c3ccc(F)cc3)C(=O)C(=O)N2c2nc3ccc(Cl)cc3s2)cc1. The number of nitrogens with zero attached hydrogens (tertiary/aromatic N) is 2. The fraction of sp³-hybridized carbons (Fsp3) is 0.0800. The average Bonchev–Trinajstić information content (AvgIpc) is 3.37. The molecule has 0 spiro atoms. The lowest BCUT2D eigenvalue weighted by atomic mass is 9.95. The number of carbonyl (C=O) groups excluding carboxylic acids is 2. The summed E-state index contributed by atoms with van der Waals surface area (Å²) in [6.45, 7) is 0. The van der Waals surface area contributed by atoms with Crippen molar-refractivity contribution in [2.45, 2.75) is 6.04 Å². The topological polar surface area (TPSA) is 79.7 Å². The largest absolute Gasteiger partial charge is 0.507 e. The molecule has 3 aromatic carbocycles. The molecule has 1 aromatic heterocycles. The number of hydrogen-bond acceptors (Lipinski definition) is 6. The third-order valence-electron chi connectivity index (χ3n) is 5.54. The van der Waals surface area contributed by atoms with E-state index < -0.39 is 29.3 Å². The Kier molecular flexibility index (Phi) is 5.55. The van der Waals surface area contributed by atoms with Crippen LogP contribution in [0.25, 0.3) is 16.0 Å². The molecule has 4 aromatic rings. The summed E-state index contributed by atoms with van der Waals surface area (Å²) in [6.07, 6.45) is 0. The lowest BCUT2D eigenvalue weighted by Gasteiger charge is -2.23. The predicted molar refractivity (Wildman–Crippen MR) is 129 cm³/mol. The van der Waals surface area contributed by atoms with Crippen LogP contribution >= 0.6 is 22.9 Å². The summed E-state index contributed by atoms with van der Waals surface area (Å²) in [5.41, 5.74) is 1.30. The third-order valence-corrected chi connectivity index (χ3v) is 6.79. The van der Waals surface area contributed by atoms with Gasteiger partial charge in [-0.05, 0) is 60.2 Å². The van der Waals surface area contributed by atoms with Crippen LogP contribution in [0.2, 0.25) is 5.02 Å². The molecule has 0 aliphatic carbocycles. The summed E-state index contributed by atoms with van der Waals surface area (Å²) in [4.78, 5) is 32.3. The molecule has 170 valence electrons. The minimum Gasteiger partial charge on any atom is -0.507 e. The van der Waals surface area contributed by atoms with Crippen LogP contribution in [0.4, 0.5) is 9.52 Å². The number of Topliss-reactive ketones (excluding diaryl/α,β-unsaturated/α-hetero) is 1. The maximum atomic E-state index is 13.4. The number of amides is 1. The Morgan fingerprint density at radius 1 is 1.09 bits per heavy atom. The molecule has 34 heavy (non-hydrogen) atoms. The van der Waals surface area contributed by atoms with E-state index in [0.717, 1.165) is 4.70 Å². The van der Waals surface area contributed by atoms with E-state index in [4.69, 9.17) is 16.3 Å². The zero-order valence-corrected chi connectivity index (χ0v) is 19.2. The van der Waals surface area contributed by atoms with Crippen molar-refractivity contribution in [3.8, 4) is 5.75 Å². The zero-order valence-electron chi connectivity index (χ0n) is 17.7. The number of fused-ring (bicyclic) bond motifs is 1. The van der Waals surface area contributed by atoms with E-state index in [-0.39, 0.29) is 11.1 Å². The highest BCUT2D eigenvalue weighted by Crippen LogP contribution is 2.44. The number of halogens is 2. The van der Waals surface area contributed by atoms with Crippen LogP contribution in [0.1, 0.15) is 17.2 Å². The number of benzene rings is 3. The Balaban J connectivity index is 1.72. The number of hydrogen-bond donors (Lipinski definition) is 1. The molecule has 6 nitrogen and oxygen atoms in total. The van der Waals surface area contributed by atoms with E-state index in [0.29, 0.717) is 27.0 Å². The van der Waals surface area contributed by atoms with E-state index in [1.807, 2.05) is 0 Å². The van der Waals surface area contributed by atoms with Crippen LogP contribution in [0, 0.1) is 5.82 Å². The number of methoxy groups -OCH3 is 1. The first-order chi connectivity index (χ1) is 16.4. The van der Waals surface area contributed by atoms with Gasteiger partial charge in [0.2, 0.25) is 0 Å². The van der Waals surface area contributed by atoms with Crippen molar-refractivity contribution in [3.63, 3.8) is 0 Å². The van der Waals surface area contributed by atoms with E-state index in [1.165, 1.54) is 47.6 Å². The minimum atomic E-state index is -0.952. The maximum absolute atomic E-state index is 13.4. The van der Waals surface area contributed by atoms with Gasteiger partial charge < -0.3 is 9.84 Å². The Morgan fingerprint density at radius 3 is 2.47 bits per heavy atom. The first-order valence-corrected chi connectivity index (χ1v) is 11.3. The van der Waals surface area contributed by atoms with Crippen molar-refractivity contribution in [2.24, 2.45) is 0 Å². The summed E-state index contributed by atoms with van der Waals surface area (Å²) in [5.74, 6) is -1.98. The Labute approximate surface area is 202 Å². The fourth-order valence-corrected chi connectivity index (χ4v) is 5.15. The second-order valence-corrected chi connectivity index (χ2v) is 9.00. The van der Waals surface area contributed by atoms with Crippen LogP contribution in [-0.4, -0.2) is 28.9 Å². The molecular formula is C25H16ClFN2O4S. The number of anilines is 1. The molecule has 1 N–H and O–H groups in total. The predicted octanol–water partition coefficient (Wildman–Crippen LogP) is 5.72. The molecule has 1 atom stereocenters. The van der Waals surface area contributed by atoms with Gasteiger partial charge in [0.05, 0.1) is 28.9 Å². The summed E-state index contributed by atoms with van der Waals surface area (Å²) >= 11 is 7.31. The van der Waals surface area contributed by atoms with Crippen molar-refractivity contribution < 1.29 is 23.8 Å². The molecule has 0 saturated carbocycles. The van der Waals surface area contributed by atoms with Crippen LogP contribution in [0.3, 0.4) is 0 Å². The number of ether oxygens (including phenoxy) is 1. The lowest BCUT2D eigenvalue weighted by molar-refractivity contribution is -0.132. The summed E-state index contributed by atoms with van der Waals surface area (Å²) in [5, 5.41) is 11.9. The molecule has 2 heterocycles. The summed E-state index contributed by atoms with van der Waals surface area (Å²) < 4.78 is 19.4. The molecule has 5 rings (SSSR count). The first-order valence-electron chi connectivity index (χ1n) is 10.1. The van der Waals surface area contributed by atoms with Crippen molar-refractivity contribution >= 4 is 55.7 Å². The summed E-state index contributed by atoms with van der Waals surface area (Å²) in [7, 11) is 1.53. The van der Waals surface area contributed by atoms with Crippen LogP contribution in [-0.2, 0) is 9.59 Å². The highest BCUT2D eigenvalue weighted by Gasteiger charge is 2.48. The quantitative estimate of drug-likeness (QED) is 0.223. The van der Waals surface area contributed by atoms with Crippen LogP contribution < -0.4 is 9.64 Å². The monoisotopic (exact) mass is 494 g/mol. The van der Waals surface area contributed by atoms with E-state index >= 15 is 0 Å². The zero-order chi connectivity index (χ0) is 24.0. The standard InChI is InChI=1S/C25H16ClFN2O4S/c1-33-17-9-4-13(5-10-17)21-20(22(30)14-2-7-16(27)8-3-14)23(31)24(32)29(21)25-28-18-11-6-15(26)12-19(18)34-25/h2-12,21,30H,1H3. The number of carbonyl (C=O) groups is 2. The number of aliphatic hydroxyl groups excluding tert-OH is 1. The van der Waals surface area contributed by atoms with Gasteiger partial charge in [-0.2, -0.15) is 0 Å². The number of rotatable bonds is 4. The van der Waals surface area contributed by atoms with Crippen molar-refractivity contribution in [1.29, 1.82) is 0 Å². The third kappa shape index (κ3) is 3.70. The highest BCUT2D eigenvalue weighted by molar-refractivity contribution is 7.22. The van der Waals surface area contributed by atoms with Crippen molar-refractivity contribution in [2.75, 3.05) is 12.0 Å². The Morgan fingerprint density at radius 2 is 1.79 bits per heavy atom. The Bertz CT molecular complexity index is 1460. The van der Waals surface area contributed by atoms with Crippen molar-refractivity contribution in [3.05, 3.63) is 94.3 Å². The number of ketones is 1. The first kappa shape index (κ1) is 22.1. The van der Waals surface area contributed by atoms with E-state index in [1.54, 1.807) is 42.5 Å². The van der Waals surface area contributed by atoms with Gasteiger partial charge in [-0.3, -0.25) is 14.5 Å². The number of aromatic nitrogens is 1. The van der Waals surface area contributed by atoms with Gasteiger partial charge in [-0.1, -0.05) is 35.1 Å². The van der Waals surface area contributed by atoms with Gasteiger partial charge in [0.25, 0.3) is 5.78 Å². The fourth-order valence-electron chi connectivity index (χ4n) is 3.88. The molecule has 1 aliphatic rings. The molecule has 9 heteroatoms. The van der Waals surface area contributed by atoms with E-state index in [2.05, 4.69) is 4.98 Å². The number of thiazole rings is 1. The van der Waals surface area contributed by atoms with Gasteiger partial charge in [0, 0.05) is 10.6 Å². The molecular weight excluding hydrogens is 479 g/mol. The van der Waals surface area contributed by atoms with Crippen molar-refractivity contribution in [1.82, 2.24) is 4.98 Å². The van der Waals surface area contributed by atoms with Gasteiger partial charge in [0.15, 0.2) is 5.13 Å². The smallest absolute Gasteiger partial charge is 0.301 e. The molecule has 0 radical (unpaired) electrons. The van der Waals surface area contributed by atoms with E-state index in [9.17, 15) is 19.1 Å².